The molecule has 1 aromatic rings. The van der Waals surface area contributed by atoms with E-state index in [2.05, 4.69) is 14.8 Å². The van der Waals surface area contributed by atoms with Crippen molar-refractivity contribution in [2.24, 2.45) is 5.92 Å². The van der Waals surface area contributed by atoms with E-state index < -0.39 is 0 Å². The number of aromatic nitrogens is 3. The first-order chi connectivity index (χ1) is 7.38. The second-order valence-electron chi connectivity index (χ2n) is 4.65. The van der Waals surface area contributed by atoms with Gasteiger partial charge in [-0.2, -0.15) is 0 Å². The van der Waals surface area contributed by atoms with Crippen molar-refractivity contribution in [2.45, 2.75) is 44.6 Å². The molecule has 15 heavy (non-hydrogen) atoms. The predicted octanol–water partition coefficient (Wildman–Crippen LogP) is 1.31. The smallest absolute Gasteiger partial charge is 0.136 e. The summed E-state index contributed by atoms with van der Waals surface area (Å²) in [5, 5.41) is 8.51. The molecule has 2 heterocycles. The van der Waals surface area contributed by atoms with Crippen molar-refractivity contribution in [3.05, 3.63) is 11.6 Å². The molecule has 1 saturated carbocycles. The van der Waals surface area contributed by atoms with Gasteiger partial charge in [0.05, 0.1) is 0 Å². The molecule has 0 N–H and O–H groups in total. The Morgan fingerprint density at radius 3 is 2.80 bits per heavy atom. The third-order valence-electron chi connectivity index (χ3n) is 3.67. The quantitative estimate of drug-likeness (QED) is 0.684. The molecule has 0 saturated heterocycles. The van der Waals surface area contributed by atoms with Crippen LogP contribution in [-0.2, 0) is 17.8 Å². The Kier molecular flexibility index (Phi) is 2.08. The van der Waals surface area contributed by atoms with E-state index in [9.17, 15) is 4.79 Å². The number of rotatable bonds is 2. The molecule has 0 radical (unpaired) electrons. The Labute approximate surface area is 88.7 Å². The second-order valence-corrected chi connectivity index (χ2v) is 4.65. The van der Waals surface area contributed by atoms with Gasteiger partial charge in [-0.3, -0.25) is 0 Å². The summed E-state index contributed by atoms with van der Waals surface area (Å²) in [5.74, 6) is 2.99. The van der Waals surface area contributed by atoms with Crippen LogP contribution in [0.25, 0.3) is 0 Å². The number of aryl methyl sites for hydroxylation is 1. The van der Waals surface area contributed by atoms with Crippen LogP contribution >= 0.6 is 0 Å². The van der Waals surface area contributed by atoms with Crippen LogP contribution in [0.3, 0.4) is 0 Å². The monoisotopic (exact) mass is 205 g/mol. The second kappa shape index (κ2) is 3.43. The van der Waals surface area contributed by atoms with Gasteiger partial charge in [-0.25, -0.2) is 0 Å². The predicted molar refractivity (Wildman–Crippen MR) is 54.5 cm³/mol. The number of carbonyl (C=O) groups excluding carboxylic acids is 1. The Morgan fingerprint density at radius 1 is 1.27 bits per heavy atom. The van der Waals surface area contributed by atoms with E-state index in [1.807, 2.05) is 0 Å². The van der Waals surface area contributed by atoms with E-state index in [4.69, 9.17) is 0 Å². The van der Waals surface area contributed by atoms with E-state index in [1.54, 1.807) is 0 Å². The van der Waals surface area contributed by atoms with Crippen molar-refractivity contribution in [2.75, 3.05) is 0 Å². The van der Waals surface area contributed by atoms with Crippen molar-refractivity contribution in [1.82, 2.24) is 14.8 Å². The third kappa shape index (κ3) is 1.39. The minimum atomic E-state index is 0.173. The molecular formula is C11H15N3O. The zero-order valence-electron chi connectivity index (χ0n) is 8.72. The fourth-order valence-electron chi connectivity index (χ4n) is 2.45. The summed E-state index contributed by atoms with van der Waals surface area (Å²) in [6.45, 7) is 0.803. The largest absolute Gasteiger partial charge is 0.314 e. The average molecular weight is 205 g/mol. The maximum Gasteiger partial charge on any atom is 0.136 e. The highest BCUT2D eigenvalue weighted by Gasteiger charge is 2.29. The highest BCUT2D eigenvalue weighted by Crippen LogP contribution is 2.36. The minimum absolute atomic E-state index is 0.173. The molecule has 4 nitrogen and oxygen atoms in total. The SMILES string of the molecule is O=CC1CCc2nnc(C3CCC3)n2C1. The van der Waals surface area contributed by atoms with Crippen molar-refractivity contribution in [3.63, 3.8) is 0 Å². The van der Waals surface area contributed by atoms with Crippen LogP contribution in [0.15, 0.2) is 0 Å². The molecule has 1 fully saturated rings. The van der Waals surface area contributed by atoms with E-state index in [0.29, 0.717) is 5.92 Å². The maximum atomic E-state index is 10.8. The Hall–Kier alpha value is -1.19. The van der Waals surface area contributed by atoms with E-state index in [0.717, 1.165) is 37.3 Å². The number of hydrogen-bond acceptors (Lipinski definition) is 3. The molecule has 1 aliphatic heterocycles. The van der Waals surface area contributed by atoms with Gasteiger partial charge in [0.15, 0.2) is 0 Å². The van der Waals surface area contributed by atoms with Gasteiger partial charge >= 0.3 is 0 Å². The molecule has 1 aliphatic carbocycles. The number of hydrogen-bond donors (Lipinski definition) is 0. The van der Waals surface area contributed by atoms with Gasteiger partial charge in [-0.05, 0) is 19.3 Å². The molecule has 4 heteroatoms. The number of carbonyl (C=O) groups is 1. The van der Waals surface area contributed by atoms with Crippen LogP contribution in [-0.4, -0.2) is 21.1 Å². The van der Waals surface area contributed by atoms with Crippen LogP contribution in [0.5, 0.6) is 0 Å². The third-order valence-corrected chi connectivity index (χ3v) is 3.67. The van der Waals surface area contributed by atoms with Crippen LogP contribution in [0.2, 0.25) is 0 Å². The van der Waals surface area contributed by atoms with Gasteiger partial charge in [0.1, 0.15) is 17.9 Å². The molecule has 1 atom stereocenters. The van der Waals surface area contributed by atoms with E-state index in [-0.39, 0.29) is 5.92 Å². The highest BCUT2D eigenvalue weighted by atomic mass is 16.1. The molecule has 1 unspecified atom stereocenters. The minimum Gasteiger partial charge on any atom is -0.314 e. The average Bonchev–Trinajstić information content (AvgIpc) is 2.59. The zero-order chi connectivity index (χ0) is 10.3. The summed E-state index contributed by atoms with van der Waals surface area (Å²) >= 11 is 0. The van der Waals surface area contributed by atoms with Gasteiger partial charge in [0, 0.05) is 24.8 Å². The first-order valence-corrected chi connectivity index (χ1v) is 5.75. The fourth-order valence-corrected chi connectivity index (χ4v) is 2.45. The van der Waals surface area contributed by atoms with Gasteiger partial charge in [-0.15, -0.1) is 10.2 Å². The maximum absolute atomic E-state index is 10.8. The van der Waals surface area contributed by atoms with Gasteiger partial charge in [0.25, 0.3) is 0 Å². The van der Waals surface area contributed by atoms with Crippen molar-refractivity contribution in [1.29, 1.82) is 0 Å². The summed E-state index contributed by atoms with van der Waals surface area (Å²) in [6, 6.07) is 0. The van der Waals surface area contributed by atoms with E-state index >= 15 is 0 Å². The molecule has 0 aromatic carbocycles. The first-order valence-electron chi connectivity index (χ1n) is 5.75. The lowest BCUT2D eigenvalue weighted by Gasteiger charge is -2.27. The van der Waals surface area contributed by atoms with Crippen LogP contribution < -0.4 is 0 Å². The van der Waals surface area contributed by atoms with Crippen LogP contribution in [0, 0.1) is 5.92 Å². The van der Waals surface area contributed by atoms with Crippen molar-refractivity contribution in [3.8, 4) is 0 Å². The molecule has 3 rings (SSSR count). The number of aldehydes is 1. The molecule has 80 valence electrons. The molecule has 0 bridgehead atoms. The summed E-state index contributed by atoms with van der Waals surface area (Å²) in [4.78, 5) is 10.8. The van der Waals surface area contributed by atoms with E-state index in [1.165, 1.54) is 19.3 Å². The van der Waals surface area contributed by atoms with Gasteiger partial charge in [-0.1, -0.05) is 6.42 Å². The zero-order valence-corrected chi connectivity index (χ0v) is 8.72. The lowest BCUT2D eigenvalue weighted by atomic mass is 9.84. The molecule has 0 spiro atoms. The summed E-state index contributed by atoms with van der Waals surface area (Å²) < 4.78 is 2.19. The fraction of sp³-hybridized carbons (Fsp3) is 0.727. The topological polar surface area (TPSA) is 47.8 Å². The summed E-state index contributed by atoms with van der Waals surface area (Å²) in [7, 11) is 0. The molecular weight excluding hydrogens is 190 g/mol. The van der Waals surface area contributed by atoms with Gasteiger partial charge < -0.3 is 9.36 Å². The summed E-state index contributed by atoms with van der Waals surface area (Å²) in [5.41, 5.74) is 0. The van der Waals surface area contributed by atoms with Crippen LogP contribution in [0.4, 0.5) is 0 Å². The van der Waals surface area contributed by atoms with Crippen molar-refractivity contribution >= 4 is 6.29 Å². The molecule has 1 aromatic heterocycles. The Bertz CT molecular complexity index is 381. The molecule has 0 amide bonds. The standard InChI is InChI=1S/C11H15N3O/c15-7-8-4-5-10-12-13-11(14(10)6-8)9-2-1-3-9/h7-9H,1-6H2. The lowest BCUT2D eigenvalue weighted by molar-refractivity contribution is -0.111. The number of fused-ring (bicyclic) bond motifs is 1. The lowest BCUT2D eigenvalue weighted by Crippen LogP contribution is -2.25. The van der Waals surface area contributed by atoms with Crippen molar-refractivity contribution < 1.29 is 4.79 Å². The Morgan fingerprint density at radius 2 is 2.13 bits per heavy atom. The number of nitrogens with zero attached hydrogens (tertiary/aromatic N) is 3. The van der Waals surface area contributed by atoms with Gasteiger partial charge in [0.2, 0.25) is 0 Å². The molecule has 2 aliphatic rings. The van der Waals surface area contributed by atoms with Crippen LogP contribution in [0.1, 0.15) is 43.3 Å². The summed E-state index contributed by atoms with van der Waals surface area (Å²) in [6.07, 6.45) is 6.71. The normalized spacial score (nSPS) is 25.7. The Balaban J connectivity index is 1.90. The highest BCUT2D eigenvalue weighted by molar-refractivity contribution is 5.53. The first kappa shape index (κ1) is 9.07.